The third-order valence-electron chi connectivity index (χ3n) is 1.97. The Morgan fingerprint density at radius 1 is 1.25 bits per heavy atom. The van der Waals surface area contributed by atoms with E-state index in [1.54, 1.807) is 11.3 Å². The van der Waals surface area contributed by atoms with Gasteiger partial charge in [0.1, 0.15) is 9.88 Å². The Balaban J connectivity index is 2.11. The topological polar surface area (TPSA) is 63.6 Å². The van der Waals surface area contributed by atoms with Crippen molar-refractivity contribution in [1.82, 2.24) is 25.1 Å². The van der Waals surface area contributed by atoms with Crippen LogP contribution >= 0.6 is 22.9 Å². The number of rotatable bonds is 4. The number of hydrogen-bond acceptors (Lipinski definition) is 7. The Morgan fingerprint density at radius 2 is 2.06 bits per heavy atom. The Labute approximate surface area is 102 Å². The highest BCUT2D eigenvalue weighted by molar-refractivity contribution is 7.19. The summed E-state index contributed by atoms with van der Waals surface area (Å²) in [5, 5.41) is 17.5. The number of nitrogens with zero attached hydrogens (tertiary/aromatic N) is 4. The standard InChI is InChI=1S/C9H13N5S2/c1-5(2)10-4-7-12-13-9(15-7)8-6(3)11-14-16-8/h5,10H,4H2,1-3H3. The van der Waals surface area contributed by atoms with E-state index in [9.17, 15) is 0 Å². The molecule has 0 aliphatic heterocycles. The van der Waals surface area contributed by atoms with E-state index < -0.39 is 0 Å². The fourth-order valence-electron chi connectivity index (χ4n) is 1.14. The van der Waals surface area contributed by atoms with E-state index in [0.717, 1.165) is 27.1 Å². The molecule has 16 heavy (non-hydrogen) atoms. The van der Waals surface area contributed by atoms with Gasteiger partial charge in [0.05, 0.1) is 5.69 Å². The predicted octanol–water partition coefficient (Wildman–Crippen LogP) is 1.86. The monoisotopic (exact) mass is 255 g/mol. The normalized spacial score (nSPS) is 11.2. The van der Waals surface area contributed by atoms with Crippen molar-refractivity contribution in [2.45, 2.75) is 33.4 Å². The second-order valence-electron chi connectivity index (χ2n) is 3.72. The summed E-state index contributed by atoms with van der Waals surface area (Å²) in [4.78, 5) is 1.02. The maximum Gasteiger partial charge on any atom is 0.161 e. The molecule has 1 N–H and O–H groups in total. The van der Waals surface area contributed by atoms with Crippen molar-refractivity contribution in [3.05, 3.63) is 10.7 Å². The third kappa shape index (κ3) is 2.60. The first-order chi connectivity index (χ1) is 7.66. The van der Waals surface area contributed by atoms with Crippen LogP contribution in [0.25, 0.3) is 9.88 Å². The number of nitrogens with one attached hydrogen (secondary N) is 1. The maximum absolute atomic E-state index is 4.16. The van der Waals surface area contributed by atoms with Crippen LogP contribution in [-0.2, 0) is 6.54 Å². The highest BCUT2D eigenvalue weighted by atomic mass is 32.1. The van der Waals surface area contributed by atoms with E-state index in [1.165, 1.54) is 11.5 Å². The summed E-state index contributed by atoms with van der Waals surface area (Å²) in [7, 11) is 0. The second kappa shape index (κ2) is 4.94. The molecule has 0 fully saturated rings. The molecule has 5 nitrogen and oxygen atoms in total. The zero-order valence-corrected chi connectivity index (χ0v) is 11.0. The largest absolute Gasteiger partial charge is 0.308 e. The summed E-state index contributed by atoms with van der Waals surface area (Å²) in [6, 6.07) is 0.458. The molecule has 0 saturated heterocycles. The van der Waals surface area contributed by atoms with Crippen molar-refractivity contribution < 1.29 is 0 Å². The molecule has 0 aliphatic rings. The first-order valence-electron chi connectivity index (χ1n) is 5.02. The van der Waals surface area contributed by atoms with E-state index in [4.69, 9.17) is 0 Å². The van der Waals surface area contributed by atoms with Crippen molar-refractivity contribution in [3.63, 3.8) is 0 Å². The predicted molar refractivity (Wildman–Crippen MR) is 65.5 cm³/mol. The average molecular weight is 255 g/mol. The van der Waals surface area contributed by atoms with Gasteiger partial charge in [-0.05, 0) is 18.5 Å². The lowest BCUT2D eigenvalue weighted by Gasteiger charge is -2.03. The Morgan fingerprint density at radius 3 is 2.69 bits per heavy atom. The number of aryl methyl sites for hydroxylation is 1. The van der Waals surface area contributed by atoms with Crippen LogP contribution in [0.5, 0.6) is 0 Å². The van der Waals surface area contributed by atoms with Gasteiger partial charge in [0.25, 0.3) is 0 Å². The van der Waals surface area contributed by atoms with Gasteiger partial charge in [-0.3, -0.25) is 0 Å². The van der Waals surface area contributed by atoms with Crippen LogP contribution in [0.2, 0.25) is 0 Å². The Kier molecular flexibility index (Phi) is 3.57. The van der Waals surface area contributed by atoms with Crippen LogP contribution in [0.15, 0.2) is 0 Å². The van der Waals surface area contributed by atoms with Crippen LogP contribution in [0, 0.1) is 6.92 Å². The molecule has 0 saturated carbocycles. The van der Waals surface area contributed by atoms with Crippen molar-refractivity contribution in [3.8, 4) is 9.88 Å². The Hall–Kier alpha value is -0.920. The molecule has 0 bridgehead atoms. The minimum Gasteiger partial charge on any atom is -0.308 e. The van der Waals surface area contributed by atoms with E-state index in [1.807, 2.05) is 6.92 Å². The molecular weight excluding hydrogens is 242 g/mol. The summed E-state index contributed by atoms with van der Waals surface area (Å²) >= 11 is 2.96. The molecule has 2 heterocycles. The Bertz CT molecular complexity index is 462. The van der Waals surface area contributed by atoms with Gasteiger partial charge in [0.2, 0.25) is 0 Å². The fourth-order valence-corrected chi connectivity index (χ4v) is 2.69. The van der Waals surface area contributed by atoms with Crippen LogP contribution in [0.1, 0.15) is 24.5 Å². The summed E-state index contributed by atoms with van der Waals surface area (Å²) in [6.07, 6.45) is 0. The first-order valence-corrected chi connectivity index (χ1v) is 6.61. The van der Waals surface area contributed by atoms with E-state index in [-0.39, 0.29) is 0 Å². The van der Waals surface area contributed by atoms with Gasteiger partial charge in [-0.2, -0.15) is 0 Å². The van der Waals surface area contributed by atoms with Gasteiger partial charge in [-0.1, -0.05) is 29.7 Å². The van der Waals surface area contributed by atoms with Crippen molar-refractivity contribution in [2.24, 2.45) is 0 Å². The quantitative estimate of drug-likeness (QED) is 0.903. The lowest BCUT2D eigenvalue weighted by Crippen LogP contribution is -2.21. The molecule has 2 aromatic rings. The highest BCUT2D eigenvalue weighted by Crippen LogP contribution is 2.28. The van der Waals surface area contributed by atoms with E-state index in [2.05, 4.69) is 38.9 Å². The minimum atomic E-state index is 0.458. The van der Waals surface area contributed by atoms with Crippen molar-refractivity contribution >= 4 is 22.9 Å². The number of hydrogen-bond donors (Lipinski definition) is 1. The highest BCUT2D eigenvalue weighted by Gasteiger charge is 2.12. The van der Waals surface area contributed by atoms with Gasteiger partial charge in [0.15, 0.2) is 5.01 Å². The van der Waals surface area contributed by atoms with Crippen molar-refractivity contribution in [1.29, 1.82) is 0 Å². The number of aromatic nitrogens is 4. The molecule has 0 atom stereocenters. The maximum atomic E-state index is 4.16. The lowest BCUT2D eigenvalue weighted by molar-refractivity contribution is 0.585. The smallest absolute Gasteiger partial charge is 0.161 e. The SMILES string of the molecule is Cc1nnsc1-c1nnc(CNC(C)C)s1. The molecule has 0 aliphatic carbocycles. The molecule has 2 aromatic heterocycles. The summed E-state index contributed by atoms with van der Waals surface area (Å²) in [6.45, 7) is 6.92. The molecular formula is C9H13N5S2. The first kappa shape index (κ1) is 11.6. The van der Waals surface area contributed by atoms with Gasteiger partial charge in [0, 0.05) is 12.6 Å². The van der Waals surface area contributed by atoms with Gasteiger partial charge < -0.3 is 5.32 Å². The second-order valence-corrected chi connectivity index (χ2v) is 5.54. The molecule has 0 aromatic carbocycles. The zero-order chi connectivity index (χ0) is 11.5. The molecule has 0 unspecified atom stereocenters. The molecule has 0 radical (unpaired) electrons. The minimum absolute atomic E-state index is 0.458. The molecule has 86 valence electrons. The zero-order valence-electron chi connectivity index (χ0n) is 9.39. The molecule has 2 rings (SSSR count). The lowest BCUT2D eigenvalue weighted by atomic mass is 10.4. The van der Waals surface area contributed by atoms with Gasteiger partial charge in [-0.15, -0.1) is 15.3 Å². The molecule has 0 spiro atoms. The van der Waals surface area contributed by atoms with Crippen LogP contribution < -0.4 is 5.32 Å². The average Bonchev–Trinajstić information content (AvgIpc) is 2.83. The third-order valence-corrected chi connectivity index (χ3v) is 3.88. The fraction of sp³-hybridized carbons (Fsp3) is 0.556. The summed E-state index contributed by atoms with van der Waals surface area (Å²) in [5.74, 6) is 0. The molecule has 7 heteroatoms. The van der Waals surface area contributed by atoms with Crippen LogP contribution in [0.3, 0.4) is 0 Å². The van der Waals surface area contributed by atoms with E-state index >= 15 is 0 Å². The van der Waals surface area contributed by atoms with Crippen LogP contribution in [-0.4, -0.2) is 25.8 Å². The van der Waals surface area contributed by atoms with Crippen molar-refractivity contribution in [2.75, 3.05) is 0 Å². The summed E-state index contributed by atoms with van der Waals surface area (Å²) < 4.78 is 3.90. The van der Waals surface area contributed by atoms with Crippen LogP contribution in [0.4, 0.5) is 0 Å². The van der Waals surface area contributed by atoms with Gasteiger partial charge in [-0.25, -0.2) is 0 Å². The van der Waals surface area contributed by atoms with Gasteiger partial charge >= 0.3 is 0 Å². The summed E-state index contributed by atoms with van der Waals surface area (Å²) in [5.41, 5.74) is 0.921. The van der Waals surface area contributed by atoms with E-state index in [0.29, 0.717) is 6.04 Å². The molecule has 0 amide bonds.